The molecule has 5 nitrogen and oxygen atoms in total. The SMILES string of the molecule is CCOC(=O)c1nc(N(C)CCOCC2CC2)sc1C. The van der Waals surface area contributed by atoms with Gasteiger partial charge < -0.3 is 14.4 Å². The number of ether oxygens (including phenoxy) is 2. The molecule has 0 spiro atoms. The van der Waals surface area contributed by atoms with Crippen LogP contribution in [0.15, 0.2) is 0 Å². The van der Waals surface area contributed by atoms with Crippen molar-refractivity contribution in [2.24, 2.45) is 5.92 Å². The number of aryl methyl sites for hydroxylation is 1. The monoisotopic (exact) mass is 298 g/mol. The second-order valence-electron chi connectivity index (χ2n) is 5.06. The predicted octanol–water partition coefficient (Wildman–Crippen LogP) is 2.49. The van der Waals surface area contributed by atoms with E-state index in [1.807, 2.05) is 18.9 Å². The molecule has 0 bridgehead atoms. The Hall–Kier alpha value is -1.14. The lowest BCUT2D eigenvalue weighted by molar-refractivity contribution is 0.0519. The number of hydrogen-bond donors (Lipinski definition) is 0. The van der Waals surface area contributed by atoms with E-state index in [1.165, 1.54) is 24.2 Å². The van der Waals surface area contributed by atoms with Crippen LogP contribution in [-0.4, -0.2) is 44.4 Å². The van der Waals surface area contributed by atoms with Crippen LogP contribution >= 0.6 is 11.3 Å². The molecule has 2 rings (SSSR count). The smallest absolute Gasteiger partial charge is 0.358 e. The summed E-state index contributed by atoms with van der Waals surface area (Å²) in [6.45, 7) is 6.41. The lowest BCUT2D eigenvalue weighted by Crippen LogP contribution is -2.23. The van der Waals surface area contributed by atoms with Gasteiger partial charge in [0.1, 0.15) is 0 Å². The zero-order valence-electron chi connectivity index (χ0n) is 12.3. The fraction of sp³-hybridized carbons (Fsp3) is 0.714. The lowest BCUT2D eigenvalue weighted by atomic mass is 10.4. The molecule has 0 aromatic carbocycles. The molecule has 20 heavy (non-hydrogen) atoms. The van der Waals surface area contributed by atoms with Crippen molar-refractivity contribution in [2.45, 2.75) is 26.7 Å². The fourth-order valence-corrected chi connectivity index (χ4v) is 2.65. The maximum absolute atomic E-state index is 11.7. The molecule has 0 amide bonds. The number of esters is 1. The molecule has 6 heteroatoms. The number of nitrogens with zero attached hydrogens (tertiary/aromatic N) is 2. The number of anilines is 1. The number of rotatable bonds is 8. The van der Waals surface area contributed by atoms with Crippen LogP contribution in [-0.2, 0) is 9.47 Å². The Morgan fingerprint density at radius 2 is 2.25 bits per heavy atom. The Morgan fingerprint density at radius 1 is 1.50 bits per heavy atom. The molecular weight excluding hydrogens is 276 g/mol. The molecule has 112 valence electrons. The van der Waals surface area contributed by atoms with E-state index in [1.54, 1.807) is 6.92 Å². The van der Waals surface area contributed by atoms with Crippen molar-refractivity contribution in [3.8, 4) is 0 Å². The molecule has 1 fully saturated rings. The molecule has 0 aliphatic heterocycles. The Bertz CT molecular complexity index is 457. The number of aromatic nitrogens is 1. The van der Waals surface area contributed by atoms with Gasteiger partial charge in [0.25, 0.3) is 0 Å². The van der Waals surface area contributed by atoms with Crippen LogP contribution in [0.5, 0.6) is 0 Å². The van der Waals surface area contributed by atoms with Gasteiger partial charge in [0.2, 0.25) is 0 Å². The average Bonchev–Trinajstić information content (AvgIpc) is 3.15. The van der Waals surface area contributed by atoms with Crippen LogP contribution in [0.1, 0.15) is 35.1 Å². The maximum atomic E-state index is 11.7. The molecule has 0 N–H and O–H groups in total. The van der Waals surface area contributed by atoms with Crippen LogP contribution in [0.3, 0.4) is 0 Å². The first kappa shape index (κ1) is 15.3. The molecule has 1 saturated carbocycles. The van der Waals surface area contributed by atoms with Crippen molar-refractivity contribution >= 4 is 22.4 Å². The molecule has 1 heterocycles. The summed E-state index contributed by atoms with van der Waals surface area (Å²) >= 11 is 1.51. The van der Waals surface area contributed by atoms with Crippen LogP contribution in [0.4, 0.5) is 5.13 Å². The summed E-state index contributed by atoms with van der Waals surface area (Å²) in [7, 11) is 1.97. The van der Waals surface area contributed by atoms with Crippen molar-refractivity contribution < 1.29 is 14.3 Å². The van der Waals surface area contributed by atoms with Crippen molar-refractivity contribution in [1.82, 2.24) is 4.98 Å². The van der Waals surface area contributed by atoms with Crippen molar-refractivity contribution in [2.75, 3.05) is 38.3 Å². The number of hydrogen-bond acceptors (Lipinski definition) is 6. The van der Waals surface area contributed by atoms with Gasteiger partial charge in [-0.1, -0.05) is 0 Å². The van der Waals surface area contributed by atoms with E-state index in [2.05, 4.69) is 4.98 Å². The summed E-state index contributed by atoms with van der Waals surface area (Å²) in [5, 5.41) is 0.834. The topological polar surface area (TPSA) is 51.7 Å². The van der Waals surface area contributed by atoms with Gasteiger partial charge in [-0.2, -0.15) is 0 Å². The molecule has 1 aliphatic rings. The summed E-state index contributed by atoms with van der Waals surface area (Å²) in [6, 6.07) is 0. The molecule has 0 atom stereocenters. The number of carbonyl (C=O) groups is 1. The summed E-state index contributed by atoms with van der Waals surface area (Å²) in [6.07, 6.45) is 2.62. The van der Waals surface area contributed by atoms with Crippen LogP contribution in [0.2, 0.25) is 0 Å². The third-order valence-corrected chi connectivity index (χ3v) is 4.29. The molecule has 0 unspecified atom stereocenters. The van der Waals surface area contributed by atoms with Crippen LogP contribution < -0.4 is 4.90 Å². The van der Waals surface area contributed by atoms with E-state index in [0.29, 0.717) is 18.9 Å². The largest absolute Gasteiger partial charge is 0.461 e. The highest BCUT2D eigenvalue weighted by atomic mass is 32.1. The molecule has 1 aliphatic carbocycles. The van der Waals surface area contributed by atoms with Gasteiger partial charge in [-0.15, -0.1) is 11.3 Å². The highest BCUT2D eigenvalue weighted by molar-refractivity contribution is 7.15. The zero-order chi connectivity index (χ0) is 14.5. The molecule has 0 radical (unpaired) electrons. The van der Waals surface area contributed by atoms with Crippen molar-refractivity contribution in [3.05, 3.63) is 10.6 Å². The summed E-state index contributed by atoms with van der Waals surface area (Å²) in [5.41, 5.74) is 0.428. The minimum absolute atomic E-state index is 0.342. The number of thiazole rings is 1. The van der Waals surface area contributed by atoms with E-state index in [-0.39, 0.29) is 5.97 Å². The van der Waals surface area contributed by atoms with E-state index in [4.69, 9.17) is 9.47 Å². The normalized spacial score (nSPS) is 14.3. The molecule has 0 saturated heterocycles. The lowest BCUT2D eigenvalue weighted by Gasteiger charge is -2.15. The van der Waals surface area contributed by atoms with E-state index in [9.17, 15) is 4.79 Å². The van der Waals surface area contributed by atoms with Gasteiger partial charge in [0, 0.05) is 25.1 Å². The minimum Gasteiger partial charge on any atom is -0.461 e. The van der Waals surface area contributed by atoms with Gasteiger partial charge in [-0.05, 0) is 32.6 Å². The third-order valence-electron chi connectivity index (χ3n) is 3.20. The van der Waals surface area contributed by atoms with E-state index >= 15 is 0 Å². The maximum Gasteiger partial charge on any atom is 0.358 e. The standard InChI is InChI=1S/C14H22N2O3S/c1-4-19-13(17)12-10(2)20-14(15-12)16(3)7-8-18-9-11-5-6-11/h11H,4-9H2,1-3H3. The number of carbonyl (C=O) groups excluding carboxylic acids is 1. The van der Waals surface area contributed by atoms with E-state index < -0.39 is 0 Å². The van der Waals surface area contributed by atoms with Crippen LogP contribution in [0, 0.1) is 12.8 Å². The van der Waals surface area contributed by atoms with Crippen molar-refractivity contribution in [3.63, 3.8) is 0 Å². The number of likely N-dealkylation sites (N-methyl/N-ethyl adjacent to an activating group) is 1. The Morgan fingerprint density at radius 3 is 2.90 bits per heavy atom. The first-order chi connectivity index (χ1) is 9.61. The summed E-state index contributed by atoms with van der Waals surface area (Å²) < 4.78 is 10.6. The van der Waals surface area contributed by atoms with Crippen LogP contribution in [0.25, 0.3) is 0 Å². The quantitative estimate of drug-likeness (QED) is 0.545. The second-order valence-corrected chi connectivity index (χ2v) is 6.24. The van der Waals surface area contributed by atoms with Gasteiger partial charge in [-0.25, -0.2) is 9.78 Å². The van der Waals surface area contributed by atoms with Crippen molar-refractivity contribution in [1.29, 1.82) is 0 Å². The molecule has 1 aromatic rings. The second kappa shape index (κ2) is 7.04. The first-order valence-corrected chi connectivity index (χ1v) is 7.87. The van der Waals surface area contributed by atoms with E-state index in [0.717, 1.165) is 29.1 Å². The summed E-state index contributed by atoms with van der Waals surface area (Å²) in [4.78, 5) is 19.0. The van der Waals surface area contributed by atoms with Gasteiger partial charge >= 0.3 is 5.97 Å². The molecular formula is C14H22N2O3S. The third kappa shape index (κ3) is 4.18. The fourth-order valence-electron chi connectivity index (χ4n) is 1.77. The first-order valence-electron chi connectivity index (χ1n) is 7.05. The van der Waals surface area contributed by atoms with Gasteiger partial charge in [0.15, 0.2) is 10.8 Å². The average molecular weight is 298 g/mol. The predicted molar refractivity (Wildman–Crippen MR) is 79.6 cm³/mol. The summed E-state index contributed by atoms with van der Waals surface area (Å²) in [5.74, 6) is 0.448. The highest BCUT2D eigenvalue weighted by Gasteiger charge is 2.21. The minimum atomic E-state index is -0.342. The Kier molecular flexibility index (Phi) is 5.37. The zero-order valence-corrected chi connectivity index (χ0v) is 13.2. The van der Waals surface area contributed by atoms with Gasteiger partial charge in [0.05, 0.1) is 13.2 Å². The highest BCUT2D eigenvalue weighted by Crippen LogP contribution is 2.29. The molecule has 1 aromatic heterocycles. The Labute approximate surface area is 123 Å². The van der Waals surface area contributed by atoms with Gasteiger partial charge in [-0.3, -0.25) is 0 Å². The Balaban J connectivity index is 1.83.